The number of pyridine rings is 1. The minimum atomic E-state index is -3.43. The zero-order valence-electron chi connectivity index (χ0n) is 22.7. The van der Waals surface area contributed by atoms with Crippen LogP contribution in [0.5, 0.6) is 5.88 Å². The van der Waals surface area contributed by atoms with Gasteiger partial charge >= 0.3 is 0 Å². The van der Waals surface area contributed by atoms with Gasteiger partial charge in [-0.2, -0.15) is 4.31 Å². The Morgan fingerprint density at radius 1 is 1.18 bits per heavy atom. The van der Waals surface area contributed by atoms with Gasteiger partial charge in [-0.3, -0.25) is 4.79 Å². The summed E-state index contributed by atoms with van der Waals surface area (Å²) < 4.78 is 46.6. The van der Waals surface area contributed by atoms with Gasteiger partial charge in [-0.05, 0) is 55.2 Å². The molecule has 2 heterocycles. The van der Waals surface area contributed by atoms with Crippen molar-refractivity contribution in [3.05, 3.63) is 88.3 Å². The molecule has 1 saturated heterocycles. The topological polar surface area (TPSA) is 101 Å². The standard InChI is InChI=1S/C29H34ClFN4O4S/c1-19-16-32-18-23(35(19)40(3,37)38)12-13-24-26(31)5-4-6-27(24)34-28(36)15-25(20-7-10-22(30)11-8-20)21-9-14-29(39-2)33-17-21/h4-11,14,17,19,23,25,32H,12-13,15-16,18H2,1-3H3,(H,34,36)/t19-,23-,25-/m0/s1. The van der Waals surface area contributed by atoms with Crippen molar-refractivity contribution in [1.29, 1.82) is 0 Å². The second kappa shape index (κ2) is 13.1. The van der Waals surface area contributed by atoms with Crippen LogP contribution in [0, 0.1) is 5.82 Å². The summed E-state index contributed by atoms with van der Waals surface area (Å²) in [6.45, 7) is 2.89. The molecule has 0 bridgehead atoms. The van der Waals surface area contributed by atoms with Gasteiger partial charge in [0.25, 0.3) is 0 Å². The van der Waals surface area contributed by atoms with E-state index in [9.17, 15) is 13.2 Å². The third-order valence-corrected chi connectivity index (χ3v) is 8.83. The maximum absolute atomic E-state index is 15.0. The number of nitrogens with one attached hydrogen (secondary N) is 2. The first-order valence-corrected chi connectivity index (χ1v) is 15.3. The molecule has 0 saturated carbocycles. The number of benzene rings is 2. The summed E-state index contributed by atoms with van der Waals surface area (Å²) >= 11 is 6.09. The van der Waals surface area contributed by atoms with Gasteiger partial charge in [-0.1, -0.05) is 35.9 Å². The summed E-state index contributed by atoms with van der Waals surface area (Å²) in [5.41, 5.74) is 2.41. The number of sulfonamides is 1. The van der Waals surface area contributed by atoms with E-state index in [0.717, 1.165) is 11.1 Å². The van der Waals surface area contributed by atoms with Crippen molar-refractivity contribution in [1.82, 2.24) is 14.6 Å². The van der Waals surface area contributed by atoms with Crippen molar-refractivity contribution in [3.8, 4) is 5.88 Å². The molecular formula is C29H34ClFN4O4S. The first-order chi connectivity index (χ1) is 19.1. The van der Waals surface area contributed by atoms with E-state index >= 15 is 4.39 Å². The average Bonchev–Trinajstić information content (AvgIpc) is 2.91. The molecule has 3 atom stereocenters. The Hall–Kier alpha value is -3.05. The smallest absolute Gasteiger partial charge is 0.225 e. The van der Waals surface area contributed by atoms with Crippen LogP contribution >= 0.6 is 11.6 Å². The zero-order valence-corrected chi connectivity index (χ0v) is 24.3. The van der Waals surface area contributed by atoms with E-state index in [0.29, 0.717) is 41.7 Å². The third-order valence-electron chi connectivity index (χ3n) is 7.15. The highest BCUT2D eigenvalue weighted by Crippen LogP contribution is 2.31. The predicted octanol–water partition coefficient (Wildman–Crippen LogP) is 4.60. The van der Waals surface area contributed by atoms with Crippen LogP contribution in [0.4, 0.5) is 10.1 Å². The molecule has 1 aliphatic heterocycles. The Morgan fingerprint density at radius 2 is 1.90 bits per heavy atom. The van der Waals surface area contributed by atoms with E-state index in [-0.39, 0.29) is 36.8 Å². The largest absolute Gasteiger partial charge is 0.481 e. The van der Waals surface area contributed by atoms with Crippen molar-refractivity contribution in [2.75, 3.05) is 31.8 Å². The van der Waals surface area contributed by atoms with E-state index in [1.54, 1.807) is 36.5 Å². The highest BCUT2D eigenvalue weighted by molar-refractivity contribution is 7.88. The fourth-order valence-electron chi connectivity index (χ4n) is 5.29. The van der Waals surface area contributed by atoms with Gasteiger partial charge in [0.1, 0.15) is 5.82 Å². The molecule has 1 fully saturated rings. The lowest BCUT2D eigenvalue weighted by Crippen LogP contribution is -2.58. The lowest BCUT2D eigenvalue weighted by Gasteiger charge is -2.39. The molecule has 0 radical (unpaired) electrons. The third kappa shape index (κ3) is 7.37. The first-order valence-electron chi connectivity index (χ1n) is 13.1. The van der Waals surface area contributed by atoms with Crippen LogP contribution in [0.2, 0.25) is 5.02 Å². The van der Waals surface area contributed by atoms with Crippen molar-refractivity contribution in [2.24, 2.45) is 0 Å². The lowest BCUT2D eigenvalue weighted by molar-refractivity contribution is -0.116. The van der Waals surface area contributed by atoms with Crippen molar-refractivity contribution < 1.29 is 22.3 Å². The molecule has 2 aromatic carbocycles. The number of ether oxygens (including phenoxy) is 1. The van der Waals surface area contributed by atoms with E-state index in [1.807, 2.05) is 25.1 Å². The molecule has 0 unspecified atom stereocenters. The number of anilines is 1. The van der Waals surface area contributed by atoms with Gasteiger partial charge in [-0.25, -0.2) is 17.8 Å². The Morgan fingerprint density at radius 3 is 2.55 bits per heavy atom. The van der Waals surface area contributed by atoms with Gasteiger partial charge in [-0.15, -0.1) is 0 Å². The summed E-state index contributed by atoms with van der Waals surface area (Å²) in [6, 6.07) is 14.9. The fraction of sp³-hybridized carbons (Fsp3) is 0.379. The number of rotatable bonds is 10. The quantitative estimate of drug-likeness (QED) is 0.359. The number of halogens is 2. The molecule has 1 amide bonds. The number of aromatic nitrogens is 1. The van der Waals surface area contributed by atoms with E-state index in [1.165, 1.54) is 23.7 Å². The molecule has 0 aliphatic carbocycles. The Kier molecular flexibility index (Phi) is 9.78. The van der Waals surface area contributed by atoms with Gasteiger partial charge < -0.3 is 15.4 Å². The molecule has 1 aromatic heterocycles. The number of carbonyl (C=O) groups is 1. The number of methoxy groups -OCH3 is 1. The van der Waals surface area contributed by atoms with Crippen LogP contribution in [0.1, 0.15) is 42.4 Å². The minimum Gasteiger partial charge on any atom is -0.481 e. The van der Waals surface area contributed by atoms with Crippen LogP contribution in [0.25, 0.3) is 0 Å². The van der Waals surface area contributed by atoms with Crippen LogP contribution in [-0.2, 0) is 21.2 Å². The Labute approximate surface area is 240 Å². The molecule has 3 aromatic rings. The van der Waals surface area contributed by atoms with E-state index in [2.05, 4.69) is 15.6 Å². The molecule has 2 N–H and O–H groups in total. The van der Waals surface area contributed by atoms with Crippen molar-refractivity contribution >= 4 is 33.2 Å². The monoisotopic (exact) mass is 588 g/mol. The SMILES string of the molecule is COc1ccc([C@@H](CC(=O)Nc2cccc(F)c2CC[C@H]2CNC[C@H](C)N2S(C)(=O)=O)c2ccc(Cl)cc2)cn1. The molecule has 11 heteroatoms. The van der Waals surface area contributed by atoms with Crippen LogP contribution in [0.15, 0.2) is 60.8 Å². The molecule has 1 aliphatic rings. The molecule has 4 rings (SSSR count). The summed E-state index contributed by atoms with van der Waals surface area (Å²) in [7, 11) is -1.90. The van der Waals surface area contributed by atoms with Gasteiger partial charge in [0.2, 0.25) is 21.8 Å². The molecule has 0 spiro atoms. The molecular weight excluding hydrogens is 555 g/mol. The number of hydrogen-bond donors (Lipinski definition) is 2. The van der Waals surface area contributed by atoms with Gasteiger partial charge in [0.05, 0.1) is 13.4 Å². The summed E-state index contributed by atoms with van der Waals surface area (Å²) in [4.78, 5) is 17.6. The van der Waals surface area contributed by atoms with Crippen molar-refractivity contribution in [2.45, 2.75) is 44.2 Å². The van der Waals surface area contributed by atoms with E-state index in [4.69, 9.17) is 16.3 Å². The fourth-order valence-corrected chi connectivity index (χ4v) is 6.87. The highest BCUT2D eigenvalue weighted by atomic mass is 35.5. The summed E-state index contributed by atoms with van der Waals surface area (Å²) in [5.74, 6) is -0.613. The molecule has 214 valence electrons. The lowest BCUT2D eigenvalue weighted by atomic mass is 9.89. The summed E-state index contributed by atoms with van der Waals surface area (Å²) in [5, 5.41) is 6.74. The predicted molar refractivity (Wildman–Crippen MR) is 155 cm³/mol. The highest BCUT2D eigenvalue weighted by Gasteiger charge is 2.34. The second-order valence-electron chi connectivity index (χ2n) is 10.0. The van der Waals surface area contributed by atoms with Crippen molar-refractivity contribution in [3.63, 3.8) is 0 Å². The van der Waals surface area contributed by atoms with Gasteiger partial charge in [0, 0.05) is 66.0 Å². The minimum absolute atomic E-state index is 0.0809. The Balaban J connectivity index is 1.53. The summed E-state index contributed by atoms with van der Waals surface area (Å²) in [6.07, 6.45) is 3.62. The zero-order chi connectivity index (χ0) is 28.9. The average molecular weight is 589 g/mol. The Bertz CT molecular complexity index is 1420. The maximum atomic E-state index is 15.0. The van der Waals surface area contributed by atoms with Crippen LogP contribution in [0.3, 0.4) is 0 Å². The number of piperazine rings is 1. The number of nitrogens with zero attached hydrogens (tertiary/aromatic N) is 2. The van der Waals surface area contributed by atoms with Gasteiger partial charge in [0.15, 0.2) is 0 Å². The molecule has 8 nitrogen and oxygen atoms in total. The second-order valence-corrected chi connectivity index (χ2v) is 12.4. The maximum Gasteiger partial charge on any atom is 0.225 e. The number of carbonyl (C=O) groups excluding carboxylic acids is 1. The molecule has 40 heavy (non-hydrogen) atoms. The van der Waals surface area contributed by atoms with E-state index < -0.39 is 15.8 Å². The van der Waals surface area contributed by atoms with Crippen LogP contribution in [-0.4, -0.2) is 62.2 Å². The first kappa shape index (κ1) is 29.9. The van der Waals surface area contributed by atoms with Crippen LogP contribution < -0.4 is 15.4 Å². The number of hydrogen-bond acceptors (Lipinski definition) is 6. The number of amides is 1. The normalized spacial score (nSPS) is 18.7.